The first-order chi connectivity index (χ1) is 20.0. The first-order valence-corrected chi connectivity index (χ1v) is 14.4. The third-order valence-corrected chi connectivity index (χ3v) is 8.03. The van der Waals surface area contributed by atoms with E-state index < -0.39 is 33.6 Å². The number of amides is 1. The van der Waals surface area contributed by atoms with Gasteiger partial charge in [-0.25, -0.2) is 17.9 Å². The Morgan fingerprint density at radius 3 is 2.31 bits per heavy atom. The zero-order valence-corrected chi connectivity index (χ0v) is 23.8. The number of nitrogens with zero attached hydrogens (tertiary/aromatic N) is 2. The Morgan fingerprint density at radius 1 is 0.952 bits per heavy atom. The number of anilines is 2. The molecule has 13 heteroatoms. The molecule has 0 spiro atoms. The Kier molecular flexibility index (Phi) is 7.77. The molecule has 0 radical (unpaired) electrons. The van der Waals surface area contributed by atoms with Gasteiger partial charge in [0.15, 0.2) is 17.6 Å². The number of carbonyl (C=O) groups excluding carboxylic acids is 2. The van der Waals surface area contributed by atoms with Crippen LogP contribution in [0, 0.1) is 6.92 Å². The lowest BCUT2D eigenvalue weighted by Gasteiger charge is -2.19. The maximum Gasteiger partial charge on any atom is 0.338 e. The van der Waals surface area contributed by atoms with Crippen LogP contribution in [0.1, 0.15) is 23.0 Å². The third kappa shape index (κ3) is 5.72. The van der Waals surface area contributed by atoms with Crippen LogP contribution in [0.4, 0.5) is 11.4 Å². The summed E-state index contributed by atoms with van der Waals surface area (Å²) < 4.78 is 47.4. The first kappa shape index (κ1) is 28.5. The van der Waals surface area contributed by atoms with Gasteiger partial charge in [-0.2, -0.15) is 0 Å². The number of rotatable bonds is 8. The summed E-state index contributed by atoms with van der Waals surface area (Å²) in [6.07, 6.45) is -1.23. The molecular weight excluding hydrogens is 564 g/mol. The fourth-order valence-corrected chi connectivity index (χ4v) is 5.37. The smallest absolute Gasteiger partial charge is 0.338 e. The number of fused-ring (bicyclic) bond motifs is 1. The SMILES string of the molecule is Cc1c(NC(=O)C(C)OC(=O)c2ccc(NS(=O)(=O)c3ccc4c(c3)OCCO4)cc2)c(=O)n(-c2ccccc2)n1C. The highest BCUT2D eigenvalue weighted by atomic mass is 32.2. The molecule has 0 saturated heterocycles. The molecule has 218 valence electrons. The third-order valence-electron chi connectivity index (χ3n) is 6.65. The lowest BCUT2D eigenvalue weighted by atomic mass is 10.2. The topological polar surface area (TPSA) is 147 Å². The Labute approximate surface area is 241 Å². The molecule has 0 bridgehead atoms. The molecule has 5 rings (SSSR count). The largest absolute Gasteiger partial charge is 0.486 e. The number of para-hydroxylation sites is 1. The van der Waals surface area contributed by atoms with Gasteiger partial charge in [-0.05, 0) is 62.4 Å². The molecule has 2 heterocycles. The Balaban J connectivity index is 1.22. The highest BCUT2D eigenvalue weighted by Gasteiger charge is 2.24. The lowest BCUT2D eigenvalue weighted by Crippen LogP contribution is -2.32. The van der Waals surface area contributed by atoms with E-state index in [1.54, 1.807) is 42.9 Å². The number of hydrogen-bond donors (Lipinski definition) is 2. The second-order valence-corrected chi connectivity index (χ2v) is 11.1. The second kappa shape index (κ2) is 11.4. The summed E-state index contributed by atoms with van der Waals surface area (Å²) in [6.45, 7) is 3.79. The van der Waals surface area contributed by atoms with Crippen molar-refractivity contribution in [2.75, 3.05) is 23.3 Å². The summed E-state index contributed by atoms with van der Waals surface area (Å²) in [7, 11) is -2.25. The molecule has 0 fully saturated rings. The Morgan fingerprint density at radius 2 is 1.62 bits per heavy atom. The number of benzene rings is 3. The number of esters is 1. The number of ether oxygens (including phenoxy) is 3. The molecule has 1 unspecified atom stereocenters. The highest BCUT2D eigenvalue weighted by molar-refractivity contribution is 7.92. The van der Waals surface area contributed by atoms with E-state index in [0.29, 0.717) is 36.1 Å². The molecule has 1 amide bonds. The van der Waals surface area contributed by atoms with Gasteiger partial charge < -0.3 is 19.5 Å². The van der Waals surface area contributed by atoms with Crippen LogP contribution >= 0.6 is 0 Å². The van der Waals surface area contributed by atoms with Crippen molar-refractivity contribution in [1.82, 2.24) is 9.36 Å². The summed E-state index contributed by atoms with van der Waals surface area (Å²) in [5, 5.41) is 2.57. The monoisotopic (exact) mass is 592 g/mol. The predicted octanol–water partition coefficient (Wildman–Crippen LogP) is 3.24. The molecule has 4 aromatic rings. The molecule has 1 aliphatic rings. The van der Waals surface area contributed by atoms with Crippen molar-refractivity contribution < 1.29 is 32.2 Å². The average Bonchev–Trinajstić information content (AvgIpc) is 3.20. The highest BCUT2D eigenvalue weighted by Crippen LogP contribution is 2.32. The van der Waals surface area contributed by atoms with E-state index in [0.717, 1.165) is 0 Å². The fraction of sp³-hybridized carbons (Fsp3) is 0.207. The Bertz CT molecular complexity index is 1810. The van der Waals surface area contributed by atoms with Gasteiger partial charge >= 0.3 is 5.97 Å². The molecular formula is C29H28N4O8S. The minimum Gasteiger partial charge on any atom is -0.486 e. The average molecular weight is 593 g/mol. The summed E-state index contributed by atoms with van der Waals surface area (Å²) in [6, 6.07) is 18.8. The van der Waals surface area contributed by atoms with Crippen LogP contribution in [0.15, 0.2) is 82.5 Å². The number of hydrogen-bond acceptors (Lipinski definition) is 8. The van der Waals surface area contributed by atoms with Crippen LogP contribution in [-0.4, -0.2) is 49.0 Å². The van der Waals surface area contributed by atoms with Crippen LogP contribution < -0.4 is 25.1 Å². The van der Waals surface area contributed by atoms with E-state index in [2.05, 4.69) is 10.0 Å². The van der Waals surface area contributed by atoms with E-state index in [-0.39, 0.29) is 21.8 Å². The van der Waals surface area contributed by atoms with Crippen molar-refractivity contribution in [2.24, 2.45) is 7.05 Å². The minimum atomic E-state index is -3.95. The summed E-state index contributed by atoms with van der Waals surface area (Å²) in [5.41, 5.74) is 1.10. The predicted molar refractivity (Wildman–Crippen MR) is 154 cm³/mol. The summed E-state index contributed by atoms with van der Waals surface area (Å²) in [4.78, 5) is 38.6. The van der Waals surface area contributed by atoms with Crippen LogP contribution in [0.25, 0.3) is 5.69 Å². The fourth-order valence-electron chi connectivity index (χ4n) is 4.30. The zero-order valence-electron chi connectivity index (χ0n) is 23.0. The normalized spacial score (nSPS) is 13.2. The lowest BCUT2D eigenvalue weighted by molar-refractivity contribution is -0.123. The number of nitrogens with one attached hydrogen (secondary N) is 2. The first-order valence-electron chi connectivity index (χ1n) is 12.9. The van der Waals surface area contributed by atoms with Crippen LogP contribution in [0.5, 0.6) is 11.5 Å². The van der Waals surface area contributed by atoms with E-state index in [1.807, 2.05) is 6.07 Å². The number of carbonyl (C=O) groups is 2. The van der Waals surface area contributed by atoms with Gasteiger partial charge in [0.1, 0.15) is 18.9 Å². The van der Waals surface area contributed by atoms with Crippen molar-refractivity contribution in [3.8, 4) is 17.2 Å². The van der Waals surface area contributed by atoms with E-state index in [1.165, 1.54) is 54.1 Å². The van der Waals surface area contributed by atoms with Gasteiger partial charge in [0, 0.05) is 18.8 Å². The number of sulfonamides is 1. The summed E-state index contributed by atoms with van der Waals surface area (Å²) in [5.74, 6) is -0.678. The van der Waals surface area contributed by atoms with Crippen molar-refractivity contribution in [3.63, 3.8) is 0 Å². The van der Waals surface area contributed by atoms with Crippen molar-refractivity contribution in [1.29, 1.82) is 0 Å². The van der Waals surface area contributed by atoms with Crippen LogP contribution in [0.3, 0.4) is 0 Å². The van der Waals surface area contributed by atoms with Gasteiger partial charge in [-0.1, -0.05) is 18.2 Å². The van der Waals surface area contributed by atoms with Crippen molar-refractivity contribution >= 4 is 33.3 Å². The molecule has 1 aromatic heterocycles. The molecule has 12 nitrogen and oxygen atoms in total. The van der Waals surface area contributed by atoms with Gasteiger partial charge in [0.05, 0.1) is 21.8 Å². The van der Waals surface area contributed by atoms with E-state index in [9.17, 15) is 22.8 Å². The van der Waals surface area contributed by atoms with Crippen molar-refractivity contribution in [2.45, 2.75) is 24.8 Å². The Hall–Kier alpha value is -5.04. The molecule has 1 atom stereocenters. The van der Waals surface area contributed by atoms with E-state index >= 15 is 0 Å². The number of aromatic nitrogens is 2. The maximum absolute atomic E-state index is 13.1. The maximum atomic E-state index is 13.1. The molecule has 2 N–H and O–H groups in total. The minimum absolute atomic E-state index is 0.0146. The molecule has 0 aliphatic carbocycles. The van der Waals surface area contributed by atoms with E-state index in [4.69, 9.17) is 14.2 Å². The molecule has 42 heavy (non-hydrogen) atoms. The van der Waals surface area contributed by atoms with Gasteiger partial charge in [-0.15, -0.1) is 0 Å². The van der Waals surface area contributed by atoms with Gasteiger partial charge in [0.2, 0.25) is 0 Å². The molecule has 3 aromatic carbocycles. The van der Waals surface area contributed by atoms with Gasteiger partial charge in [-0.3, -0.25) is 19.0 Å². The van der Waals surface area contributed by atoms with Crippen LogP contribution in [-0.2, 0) is 26.6 Å². The van der Waals surface area contributed by atoms with Crippen molar-refractivity contribution in [3.05, 3.63) is 94.4 Å². The van der Waals surface area contributed by atoms with Gasteiger partial charge in [0.25, 0.3) is 21.5 Å². The standard InChI is InChI=1S/C29H28N4O8S/c1-18-26(28(35)33(32(18)3)22-7-5-4-6-8-22)30-27(34)19(2)41-29(36)20-9-11-21(12-10-20)31-42(37,38)23-13-14-24-25(17-23)40-16-15-39-24/h4-14,17,19,31H,15-16H2,1-3H3,(H,30,34). The molecule has 0 saturated carbocycles. The van der Waals surface area contributed by atoms with Crippen LogP contribution in [0.2, 0.25) is 0 Å². The zero-order chi connectivity index (χ0) is 30.0. The quantitative estimate of drug-likeness (QED) is 0.297. The molecule has 1 aliphatic heterocycles. The summed E-state index contributed by atoms with van der Waals surface area (Å²) >= 11 is 0. The second-order valence-electron chi connectivity index (χ2n) is 9.46.